The molecule has 0 saturated heterocycles. The van der Waals surface area contributed by atoms with E-state index in [0.717, 1.165) is 5.56 Å². The largest absolute Gasteiger partial charge is 0.315 e. The minimum atomic E-state index is -0.480. The van der Waals surface area contributed by atoms with Gasteiger partial charge in [-0.3, -0.25) is 4.79 Å². The highest BCUT2D eigenvalue weighted by atomic mass is 79.9. The number of carbonyl (C=O) groups is 1. The number of aryl methyl sites for hydroxylation is 1. The van der Waals surface area contributed by atoms with E-state index in [-0.39, 0.29) is 5.82 Å². The highest BCUT2D eigenvalue weighted by Crippen LogP contribution is 2.12. The first-order valence-corrected chi connectivity index (χ1v) is 4.61. The van der Waals surface area contributed by atoms with Crippen LogP contribution in [0.15, 0.2) is 18.2 Å². The molecule has 0 unspecified atom stereocenters. The van der Waals surface area contributed by atoms with Crippen LogP contribution in [0.3, 0.4) is 0 Å². The second-order valence-corrected chi connectivity index (χ2v) is 3.09. The third-order valence-corrected chi connectivity index (χ3v) is 1.66. The molecule has 0 aliphatic heterocycles. The van der Waals surface area contributed by atoms with E-state index in [1.165, 1.54) is 12.1 Å². The molecule has 0 radical (unpaired) electrons. The van der Waals surface area contributed by atoms with Gasteiger partial charge in [-0.2, -0.15) is 0 Å². The fraction of sp³-hybridized carbons (Fsp3) is 0.100. The zero-order valence-electron chi connectivity index (χ0n) is 7.40. The summed E-state index contributed by atoms with van der Waals surface area (Å²) in [5.74, 6) is 1.37. The van der Waals surface area contributed by atoms with Crippen LogP contribution >= 0.6 is 15.9 Å². The molecule has 0 heterocycles. The Labute approximate surface area is 89.6 Å². The molecule has 0 aliphatic rings. The van der Waals surface area contributed by atoms with Crippen molar-refractivity contribution in [2.24, 2.45) is 0 Å². The molecule has 1 N–H and O–H groups in total. The summed E-state index contributed by atoms with van der Waals surface area (Å²) in [5, 5.41) is 2.44. The summed E-state index contributed by atoms with van der Waals surface area (Å²) < 4.78 is 12.9. The highest BCUT2D eigenvalue weighted by Gasteiger charge is 2.00. The smallest absolute Gasteiger partial charge is 0.301 e. The summed E-state index contributed by atoms with van der Waals surface area (Å²) in [7, 11) is 0. The lowest BCUT2D eigenvalue weighted by Gasteiger charge is -2.02. The second kappa shape index (κ2) is 4.77. The van der Waals surface area contributed by atoms with Crippen molar-refractivity contribution in [2.45, 2.75) is 6.92 Å². The van der Waals surface area contributed by atoms with Gasteiger partial charge in [-0.15, -0.1) is 0 Å². The number of anilines is 1. The average molecular weight is 256 g/mol. The van der Waals surface area contributed by atoms with Gasteiger partial charge in [-0.1, -0.05) is 0 Å². The summed E-state index contributed by atoms with van der Waals surface area (Å²) in [5.41, 5.74) is 1.15. The summed E-state index contributed by atoms with van der Waals surface area (Å²) in [6.45, 7) is 1.74. The maximum atomic E-state index is 12.9. The number of rotatable bonds is 1. The Hall–Kier alpha value is -1.34. The van der Waals surface area contributed by atoms with Gasteiger partial charge in [0.25, 0.3) is 0 Å². The fourth-order valence-corrected chi connectivity index (χ4v) is 1.19. The highest BCUT2D eigenvalue weighted by molar-refractivity contribution is 9.12. The maximum absolute atomic E-state index is 12.9. The lowest BCUT2D eigenvalue weighted by Crippen LogP contribution is -2.08. The number of benzene rings is 1. The standard InChI is InChI=1S/C10H7BrFNO/c1-7-4-8(12)6-9(5-7)13-10(14)2-3-11/h4-6H,1H3,(H,13,14). The van der Waals surface area contributed by atoms with Gasteiger partial charge in [0.15, 0.2) is 0 Å². The van der Waals surface area contributed by atoms with E-state index < -0.39 is 5.91 Å². The van der Waals surface area contributed by atoms with Crippen molar-refractivity contribution in [3.63, 3.8) is 0 Å². The van der Waals surface area contributed by atoms with Crippen LogP contribution in [0.5, 0.6) is 0 Å². The Balaban J connectivity index is 2.85. The Morgan fingerprint density at radius 1 is 1.50 bits per heavy atom. The van der Waals surface area contributed by atoms with E-state index in [0.29, 0.717) is 5.69 Å². The Kier molecular flexibility index (Phi) is 3.66. The molecule has 1 amide bonds. The summed E-state index contributed by atoms with van der Waals surface area (Å²) >= 11 is 2.80. The van der Waals surface area contributed by atoms with E-state index in [2.05, 4.69) is 32.0 Å². The number of carbonyl (C=O) groups excluding carboxylic acids is 1. The van der Waals surface area contributed by atoms with Crippen molar-refractivity contribution in [2.75, 3.05) is 5.32 Å². The average Bonchev–Trinajstić information content (AvgIpc) is 2.01. The van der Waals surface area contributed by atoms with Crippen LogP contribution in [0.1, 0.15) is 5.56 Å². The van der Waals surface area contributed by atoms with Crippen LogP contribution in [-0.2, 0) is 4.79 Å². The van der Waals surface area contributed by atoms with Crippen molar-refractivity contribution >= 4 is 27.5 Å². The lowest BCUT2D eigenvalue weighted by atomic mass is 10.2. The number of amides is 1. The normalized spacial score (nSPS) is 8.79. The van der Waals surface area contributed by atoms with Crippen LogP contribution in [0, 0.1) is 23.5 Å². The predicted octanol–water partition coefficient (Wildman–Crippen LogP) is 2.43. The minimum absolute atomic E-state index is 0.382. The molecule has 1 aromatic carbocycles. The first-order valence-electron chi connectivity index (χ1n) is 3.81. The quantitative estimate of drug-likeness (QED) is 0.768. The van der Waals surface area contributed by atoms with E-state index in [1.807, 2.05) is 0 Å². The zero-order valence-corrected chi connectivity index (χ0v) is 8.98. The number of nitrogens with one attached hydrogen (secondary N) is 1. The third kappa shape index (κ3) is 3.19. The van der Waals surface area contributed by atoms with Crippen molar-refractivity contribution in [3.8, 4) is 10.8 Å². The van der Waals surface area contributed by atoms with Crippen molar-refractivity contribution < 1.29 is 9.18 Å². The van der Waals surface area contributed by atoms with Crippen LogP contribution in [0.25, 0.3) is 0 Å². The topological polar surface area (TPSA) is 29.1 Å². The van der Waals surface area contributed by atoms with Gasteiger partial charge in [0, 0.05) is 27.5 Å². The van der Waals surface area contributed by atoms with Gasteiger partial charge < -0.3 is 5.32 Å². The molecule has 4 heteroatoms. The first kappa shape index (κ1) is 10.7. The number of hydrogen-bond acceptors (Lipinski definition) is 1. The van der Waals surface area contributed by atoms with E-state index in [4.69, 9.17) is 0 Å². The van der Waals surface area contributed by atoms with Crippen LogP contribution in [0.4, 0.5) is 10.1 Å². The van der Waals surface area contributed by atoms with Crippen molar-refractivity contribution in [3.05, 3.63) is 29.6 Å². The SMILES string of the molecule is Cc1cc(F)cc(NC(=O)C#CBr)c1. The van der Waals surface area contributed by atoms with Gasteiger partial charge in [0.2, 0.25) is 0 Å². The fourth-order valence-electron chi connectivity index (χ4n) is 1.01. The Morgan fingerprint density at radius 3 is 2.79 bits per heavy atom. The van der Waals surface area contributed by atoms with Crippen LogP contribution < -0.4 is 5.32 Å². The zero-order chi connectivity index (χ0) is 10.6. The molecule has 0 spiro atoms. The van der Waals surface area contributed by atoms with E-state index >= 15 is 0 Å². The molecule has 0 bridgehead atoms. The van der Waals surface area contributed by atoms with E-state index in [1.54, 1.807) is 13.0 Å². The summed E-state index contributed by atoms with van der Waals surface area (Å²) in [6, 6.07) is 4.28. The minimum Gasteiger partial charge on any atom is -0.315 e. The molecule has 14 heavy (non-hydrogen) atoms. The Bertz CT molecular complexity index is 400. The number of hydrogen-bond donors (Lipinski definition) is 1. The molecule has 0 fully saturated rings. The number of halogens is 2. The second-order valence-electron chi connectivity index (χ2n) is 2.69. The molecule has 0 saturated carbocycles. The summed E-state index contributed by atoms with van der Waals surface area (Å²) in [6.07, 6.45) is 0. The van der Waals surface area contributed by atoms with E-state index in [9.17, 15) is 9.18 Å². The van der Waals surface area contributed by atoms with Crippen molar-refractivity contribution in [1.29, 1.82) is 0 Å². The lowest BCUT2D eigenvalue weighted by molar-refractivity contribution is -0.111. The monoisotopic (exact) mass is 255 g/mol. The van der Waals surface area contributed by atoms with Crippen LogP contribution in [-0.4, -0.2) is 5.91 Å². The van der Waals surface area contributed by atoms with Gasteiger partial charge >= 0.3 is 5.91 Å². The van der Waals surface area contributed by atoms with Gasteiger partial charge in [-0.05, 0) is 35.5 Å². The first-order chi connectivity index (χ1) is 6.61. The molecule has 72 valence electrons. The molecule has 0 aliphatic carbocycles. The molecule has 2 nitrogen and oxygen atoms in total. The molecule has 0 atom stereocenters. The summed E-state index contributed by atoms with van der Waals surface area (Å²) in [4.78, 5) is 13.3. The molecular weight excluding hydrogens is 249 g/mol. The molecule has 1 rings (SSSR count). The maximum Gasteiger partial charge on any atom is 0.301 e. The molecular formula is C10H7BrFNO. The predicted molar refractivity (Wildman–Crippen MR) is 56.5 cm³/mol. The van der Waals surface area contributed by atoms with Crippen LogP contribution in [0.2, 0.25) is 0 Å². The molecule has 0 aromatic heterocycles. The van der Waals surface area contributed by atoms with Gasteiger partial charge in [-0.25, -0.2) is 4.39 Å². The van der Waals surface area contributed by atoms with Gasteiger partial charge in [0.1, 0.15) is 5.82 Å². The van der Waals surface area contributed by atoms with Crippen molar-refractivity contribution in [1.82, 2.24) is 0 Å². The Morgan fingerprint density at radius 2 is 2.21 bits per heavy atom. The molecule has 1 aromatic rings. The third-order valence-electron chi connectivity index (χ3n) is 1.46. The van der Waals surface area contributed by atoms with Gasteiger partial charge in [0.05, 0.1) is 0 Å².